The predicted molar refractivity (Wildman–Crippen MR) is 48.7 cm³/mol. The fourth-order valence-electron chi connectivity index (χ4n) is 1.16. The van der Waals surface area contributed by atoms with Gasteiger partial charge in [0.15, 0.2) is 0 Å². The predicted octanol–water partition coefficient (Wildman–Crippen LogP) is -1.22. The van der Waals surface area contributed by atoms with E-state index in [2.05, 4.69) is 15.6 Å². The number of rotatable bonds is 3. The van der Waals surface area contributed by atoms with E-state index in [1.807, 2.05) is 0 Å². The van der Waals surface area contributed by atoms with Gasteiger partial charge < -0.3 is 5.32 Å². The maximum Gasteiger partial charge on any atom is 0.0225 e. The minimum Gasteiger partial charge on any atom is -0.314 e. The fourth-order valence-corrected chi connectivity index (χ4v) is 1.16. The standard InChI is InChI=1S/C6H16N4.ClH/c7-9-3-6-10-4-1-8-2-5-10;/h8-9H,1-7H2;1H. The highest BCUT2D eigenvalue weighted by atomic mass is 35.5. The molecule has 1 aliphatic heterocycles. The Morgan fingerprint density at radius 1 is 1.36 bits per heavy atom. The smallest absolute Gasteiger partial charge is 0.0225 e. The molecule has 0 radical (unpaired) electrons. The van der Waals surface area contributed by atoms with E-state index in [1.54, 1.807) is 0 Å². The molecule has 1 aliphatic rings. The number of hydrogen-bond acceptors (Lipinski definition) is 4. The average Bonchev–Trinajstić information content (AvgIpc) is 2.03. The Labute approximate surface area is 73.9 Å². The van der Waals surface area contributed by atoms with Crippen LogP contribution in [0.4, 0.5) is 0 Å². The molecule has 4 nitrogen and oxygen atoms in total. The van der Waals surface area contributed by atoms with E-state index in [9.17, 15) is 0 Å². The van der Waals surface area contributed by atoms with Crippen LogP contribution in [-0.4, -0.2) is 44.2 Å². The first-order valence-corrected chi connectivity index (χ1v) is 3.80. The summed E-state index contributed by atoms with van der Waals surface area (Å²) in [6.07, 6.45) is 0. The van der Waals surface area contributed by atoms with Crippen molar-refractivity contribution in [3.05, 3.63) is 0 Å². The third-order valence-corrected chi connectivity index (χ3v) is 1.78. The van der Waals surface area contributed by atoms with Crippen LogP contribution >= 0.6 is 12.4 Å². The summed E-state index contributed by atoms with van der Waals surface area (Å²) in [5.41, 5.74) is 2.65. The first-order chi connectivity index (χ1) is 4.93. The van der Waals surface area contributed by atoms with Gasteiger partial charge in [-0.05, 0) is 0 Å². The third kappa shape index (κ3) is 4.55. The fraction of sp³-hybridized carbons (Fsp3) is 1.00. The van der Waals surface area contributed by atoms with Crippen molar-refractivity contribution in [3.8, 4) is 0 Å². The first-order valence-electron chi connectivity index (χ1n) is 3.80. The minimum atomic E-state index is 0. The van der Waals surface area contributed by atoms with Gasteiger partial charge in [0.05, 0.1) is 0 Å². The topological polar surface area (TPSA) is 53.3 Å². The van der Waals surface area contributed by atoms with Crippen molar-refractivity contribution in [1.29, 1.82) is 0 Å². The van der Waals surface area contributed by atoms with Crippen molar-refractivity contribution in [1.82, 2.24) is 15.6 Å². The average molecular weight is 181 g/mol. The Bertz CT molecular complexity index is 84.7. The van der Waals surface area contributed by atoms with Gasteiger partial charge in [-0.25, -0.2) is 0 Å². The van der Waals surface area contributed by atoms with Crippen molar-refractivity contribution in [2.45, 2.75) is 0 Å². The molecule has 0 aliphatic carbocycles. The molecule has 0 bridgehead atoms. The van der Waals surface area contributed by atoms with E-state index in [4.69, 9.17) is 5.84 Å². The number of nitrogens with two attached hydrogens (primary N) is 1. The summed E-state index contributed by atoms with van der Waals surface area (Å²) in [4.78, 5) is 2.40. The maximum absolute atomic E-state index is 5.15. The molecule has 68 valence electrons. The zero-order valence-corrected chi connectivity index (χ0v) is 7.49. The van der Waals surface area contributed by atoms with E-state index in [1.165, 1.54) is 0 Å². The van der Waals surface area contributed by atoms with Crippen molar-refractivity contribution >= 4 is 12.4 Å². The maximum atomic E-state index is 5.15. The number of hydrazine groups is 1. The molecule has 0 amide bonds. The first kappa shape index (κ1) is 11.1. The second-order valence-electron chi connectivity index (χ2n) is 2.55. The van der Waals surface area contributed by atoms with Crippen LogP contribution in [0.3, 0.4) is 0 Å². The number of nitrogens with one attached hydrogen (secondary N) is 2. The molecule has 0 aromatic carbocycles. The van der Waals surface area contributed by atoms with Crippen LogP contribution < -0.4 is 16.6 Å². The van der Waals surface area contributed by atoms with Gasteiger partial charge in [0.1, 0.15) is 0 Å². The van der Waals surface area contributed by atoms with Gasteiger partial charge in [-0.2, -0.15) is 0 Å². The molecule has 5 heteroatoms. The quantitative estimate of drug-likeness (QED) is 0.377. The van der Waals surface area contributed by atoms with E-state index in [0.29, 0.717) is 0 Å². The van der Waals surface area contributed by atoms with Crippen molar-refractivity contribution in [2.75, 3.05) is 39.3 Å². The van der Waals surface area contributed by atoms with Crippen LogP contribution in [0, 0.1) is 0 Å². The number of hydrogen-bond donors (Lipinski definition) is 3. The van der Waals surface area contributed by atoms with Crippen LogP contribution in [0.15, 0.2) is 0 Å². The second-order valence-corrected chi connectivity index (χ2v) is 2.55. The lowest BCUT2D eigenvalue weighted by Gasteiger charge is -2.26. The van der Waals surface area contributed by atoms with E-state index < -0.39 is 0 Å². The largest absolute Gasteiger partial charge is 0.314 e. The van der Waals surface area contributed by atoms with Gasteiger partial charge >= 0.3 is 0 Å². The summed E-state index contributed by atoms with van der Waals surface area (Å²) in [5.74, 6) is 5.15. The van der Waals surface area contributed by atoms with Gasteiger partial charge in [0.2, 0.25) is 0 Å². The van der Waals surface area contributed by atoms with Crippen LogP contribution in [-0.2, 0) is 0 Å². The molecular formula is C6H17ClN4. The minimum absolute atomic E-state index is 0. The van der Waals surface area contributed by atoms with Crippen molar-refractivity contribution in [3.63, 3.8) is 0 Å². The van der Waals surface area contributed by atoms with Crippen molar-refractivity contribution in [2.24, 2.45) is 5.84 Å². The molecule has 1 rings (SSSR count). The summed E-state index contributed by atoms with van der Waals surface area (Å²) in [6.45, 7) is 6.50. The lowest BCUT2D eigenvalue weighted by atomic mass is 10.3. The SMILES string of the molecule is Cl.NNCCN1CCNCC1. The van der Waals surface area contributed by atoms with Crippen LogP contribution in [0.5, 0.6) is 0 Å². The Morgan fingerprint density at radius 2 is 2.00 bits per heavy atom. The molecular weight excluding hydrogens is 164 g/mol. The molecule has 0 atom stereocenters. The van der Waals surface area contributed by atoms with E-state index >= 15 is 0 Å². The monoisotopic (exact) mass is 180 g/mol. The zero-order valence-electron chi connectivity index (χ0n) is 6.68. The highest BCUT2D eigenvalue weighted by molar-refractivity contribution is 5.85. The summed E-state index contributed by atoms with van der Waals surface area (Å²) in [6, 6.07) is 0. The van der Waals surface area contributed by atoms with Gasteiger partial charge in [-0.15, -0.1) is 12.4 Å². The lowest BCUT2D eigenvalue weighted by Crippen LogP contribution is -2.46. The Hall–Kier alpha value is 0.130. The Kier molecular flexibility index (Phi) is 6.90. The molecule has 4 N–H and O–H groups in total. The number of nitrogens with zero attached hydrogens (tertiary/aromatic N) is 1. The molecule has 0 aromatic rings. The van der Waals surface area contributed by atoms with E-state index in [-0.39, 0.29) is 12.4 Å². The summed E-state index contributed by atoms with van der Waals surface area (Å²) >= 11 is 0. The van der Waals surface area contributed by atoms with Gasteiger partial charge in [-0.1, -0.05) is 0 Å². The van der Waals surface area contributed by atoms with E-state index in [0.717, 1.165) is 39.3 Å². The molecule has 1 saturated heterocycles. The normalized spacial score (nSPS) is 19.4. The summed E-state index contributed by atoms with van der Waals surface area (Å²) in [5, 5.41) is 3.30. The van der Waals surface area contributed by atoms with Gasteiger partial charge in [-0.3, -0.25) is 16.2 Å². The summed E-state index contributed by atoms with van der Waals surface area (Å²) in [7, 11) is 0. The zero-order chi connectivity index (χ0) is 7.23. The molecule has 0 saturated carbocycles. The lowest BCUT2D eigenvalue weighted by molar-refractivity contribution is 0.241. The highest BCUT2D eigenvalue weighted by Crippen LogP contribution is 1.88. The molecule has 1 fully saturated rings. The Morgan fingerprint density at radius 3 is 2.55 bits per heavy atom. The van der Waals surface area contributed by atoms with Gasteiger partial charge in [0, 0.05) is 39.3 Å². The molecule has 0 spiro atoms. The molecule has 1 heterocycles. The van der Waals surface area contributed by atoms with Gasteiger partial charge in [0.25, 0.3) is 0 Å². The highest BCUT2D eigenvalue weighted by Gasteiger charge is 2.07. The molecule has 0 aromatic heterocycles. The number of piperazine rings is 1. The van der Waals surface area contributed by atoms with Crippen LogP contribution in [0.2, 0.25) is 0 Å². The molecule has 11 heavy (non-hydrogen) atoms. The third-order valence-electron chi connectivity index (χ3n) is 1.78. The number of halogens is 1. The van der Waals surface area contributed by atoms with Crippen molar-refractivity contribution < 1.29 is 0 Å². The molecule has 0 unspecified atom stereocenters. The van der Waals surface area contributed by atoms with Crippen LogP contribution in [0.1, 0.15) is 0 Å². The Balaban J connectivity index is 0.000001000. The summed E-state index contributed by atoms with van der Waals surface area (Å²) < 4.78 is 0. The second kappa shape index (κ2) is 6.82. The van der Waals surface area contributed by atoms with Crippen LogP contribution in [0.25, 0.3) is 0 Å².